The smallest absolute Gasteiger partial charge is 0.0491 e. The van der Waals surface area contributed by atoms with E-state index in [9.17, 15) is 0 Å². The first kappa shape index (κ1) is 37.9. The molecule has 0 aliphatic carbocycles. The number of anilines is 6. The van der Waals surface area contributed by atoms with E-state index in [2.05, 4.69) is 235 Å². The van der Waals surface area contributed by atoms with E-state index in [4.69, 9.17) is 0 Å². The number of hydrogen-bond acceptors (Lipinski definition) is 2. The van der Waals surface area contributed by atoms with Crippen LogP contribution in [0.3, 0.4) is 0 Å². The van der Waals surface area contributed by atoms with Gasteiger partial charge in [0.2, 0.25) is 0 Å². The molecule has 0 N–H and O–H groups in total. The second kappa shape index (κ2) is 16.6. The lowest BCUT2D eigenvalue weighted by atomic mass is 10.0. The monoisotopic (exact) mass is 728 g/mol. The Morgan fingerprint density at radius 3 is 0.857 bits per heavy atom. The fourth-order valence-corrected chi connectivity index (χ4v) is 7.70. The summed E-state index contributed by atoms with van der Waals surface area (Å²) in [6.07, 6.45) is 8.85. The van der Waals surface area contributed by atoms with Crippen molar-refractivity contribution in [3.8, 4) is 0 Å². The van der Waals surface area contributed by atoms with Gasteiger partial charge in [-0.2, -0.15) is 0 Å². The summed E-state index contributed by atoms with van der Waals surface area (Å²) in [4.78, 5) is 4.77. The maximum atomic E-state index is 2.38. The van der Waals surface area contributed by atoms with Gasteiger partial charge in [-0.3, -0.25) is 0 Å². The van der Waals surface area contributed by atoms with Crippen molar-refractivity contribution in [1.29, 1.82) is 0 Å². The Labute approximate surface area is 334 Å². The molecule has 0 unspecified atom stereocenters. The Kier molecular flexibility index (Phi) is 11.2. The quantitative estimate of drug-likeness (QED) is 0.129. The molecule has 0 spiro atoms. The van der Waals surface area contributed by atoms with Crippen LogP contribution < -0.4 is 9.80 Å². The highest BCUT2D eigenvalue weighted by Gasteiger charge is 2.18. The largest absolute Gasteiger partial charge is 0.310 e. The third-order valence-electron chi connectivity index (χ3n) is 10.6. The standard InChI is InChI=1S/C54H52N2/c1-37-13-29-51(41(5)33-37)55(52-30-14-38(2)34-42(52)6)49-25-19-45(20-26-49)17-23-47-11-9-10-12-48(47)24-18-46-21-27-50(28-22-46)56(53-31-15-39(3)35-43(53)7)54-32-16-40(4)36-44(54)8/h9-36H,1-8H3. The van der Waals surface area contributed by atoms with Gasteiger partial charge in [-0.05, 0) is 148 Å². The van der Waals surface area contributed by atoms with E-state index in [0.717, 1.165) is 22.5 Å². The van der Waals surface area contributed by atoms with Gasteiger partial charge in [-0.25, -0.2) is 0 Å². The van der Waals surface area contributed by atoms with Gasteiger partial charge >= 0.3 is 0 Å². The Balaban J connectivity index is 1.13. The minimum absolute atomic E-state index is 1.14. The van der Waals surface area contributed by atoms with Crippen LogP contribution in [0.4, 0.5) is 34.1 Å². The molecule has 0 saturated heterocycles. The zero-order valence-corrected chi connectivity index (χ0v) is 34.1. The molecule has 0 atom stereocenters. The van der Waals surface area contributed by atoms with Crippen LogP contribution in [-0.4, -0.2) is 0 Å². The molecule has 2 nitrogen and oxygen atoms in total. The van der Waals surface area contributed by atoms with Crippen molar-refractivity contribution in [1.82, 2.24) is 0 Å². The summed E-state index contributed by atoms with van der Waals surface area (Å²) in [5.74, 6) is 0. The van der Waals surface area contributed by atoms with Crippen molar-refractivity contribution in [2.45, 2.75) is 55.4 Å². The molecule has 278 valence electrons. The molecule has 2 heteroatoms. The van der Waals surface area contributed by atoms with Gasteiger partial charge in [0, 0.05) is 34.1 Å². The fourth-order valence-electron chi connectivity index (χ4n) is 7.70. The summed E-state index contributed by atoms with van der Waals surface area (Å²) in [6, 6.07) is 53.2. The van der Waals surface area contributed by atoms with Crippen LogP contribution in [0, 0.1) is 55.4 Å². The first-order valence-corrected chi connectivity index (χ1v) is 19.6. The minimum atomic E-state index is 1.14. The predicted octanol–water partition coefficient (Wildman–Crippen LogP) is 15.4. The molecular formula is C54H52N2. The van der Waals surface area contributed by atoms with Gasteiger partial charge in [0.15, 0.2) is 0 Å². The number of hydrogen-bond donors (Lipinski definition) is 0. The first-order valence-electron chi connectivity index (χ1n) is 19.6. The highest BCUT2D eigenvalue weighted by molar-refractivity contribution is 5.84. The molecule has 7 aromatic carbocycles. The number of aryl methyl sites for hydroxylation is 8. The van der Waals surface area contributed by atoms with Crippen LogP contribution in [-0.2, 0) is 0 Å². The van der Waals surface area contributed by atoms with Crippen LogP contribution in [0.15, 0.2) is 146 Å². The van der Waals surface area contributed by atoms with Gasteiger partial charge in [0.25, 0.3) is 0 Å². The number of benzene rings is 7. The predicted molar refractivity (Wildman–Crippen MR) is 244 cm³/mol. The topological polar surface area (TPSA) is 6.48 Å². The van der Waals surface area contributed by atoms with Crippen molar-refractivity contribution in [3.63, 3.8) is 0 Å². The third-order valence-corrected chi connectivity index (χ3v) is 10.6. The average molecular weight is 729 g/mol. The van der Waals surface area contributed by atoms with E-state index in [1.807, 2.05) is 0 Å². The Morgan fingerprint density at radius 2 is 0.589 bits per heavy atom. The molecule has 0 aromatic heterocycles. The fraction of sp³-hybridized carbons (Fsp3) is 0.148. The van der Waals surface area contributed by atoms with Crippen molar-refractivity contribution < 1.29 is 0 Å². The van der Waals surface area contributed by atoms with Crippen molar-refractivity contribution >= 4 is 58.4 Å². The Bertz CT molecular complexity index is 2270. The maximum Gasteiger partial charge on any atom is 0.0491 e. The van der Waals surface area contributed by atoms with Gasteiger partial charge in [0.1, 0.15) is 0 Å². The van der Waals surface area contributed by atoms with Crippen molar-refractivity contribution in [3.05, 3.63) is 212 Å². The number of nitrogens with zero attached hydrogens (tertiary/aromatic N) is 2. The lowest BCUT2D eigenvalue weighted by Gasteiger charge is -2.29. The molecule has 7 aromatic rings. The Hall–Kier alpha value is -6.38. The first-order chi connectivity index (χ1) is 27.0. The zero-order valence-electron chi connectivity index (χ0n) is 34.1. The second-order valence-electron chi connectivity index (χ2n) is 15.3. The van der Waals surface area contributed by atoms with Crippen molar-refractivity contribution in [2.24, 2.45) is 0 Å². The van der Waals surface area contributed by atoms with E-state index < -0.39 is 0 Å². The summed E-state index contributed by atoms with van der Waals surface area (Å²) in [5.41, 5.74) is 21.8. The molecule has 0 saturated carbocycles. The molecule has 0 heterocycles. The van der Waals surface area contributed by atoms with Crippen molar-refractivity contribution in [2.75, 3.05) is 9.80 Å². The average Bonchev–Trinajstić information content (AvgIpc) is 3.17. The third kappa shape index (κ3) is 8.46. The molecular weight excluding hydrogens is 677 g/mol. The molecule has 0 amide bonds. The van der Waals surface area contributed by atoms with E-state index >= 15 is 0 Å². The molecule has 0 bridgehead atoms. The number of rotatable bonds is 10. The van der Waals surface area contributed by atoms with Crippen LogP contribution in [0.2, 0.25) is 0 Å². The molecule has 7 rings (SSSR count). The van der Waals surface area contributed by atoms with Crippen LogP contribution in [0.5, 0.6) is 0 Å². The highest BCUT2D eigenvalue weighted by Crippen LogP contribution is 2.40. The molecule has 56 heavy (non-hydrogen) atoms. The minimum Gasteiger partial charge on any atom is -0.310 e. The summed E-state index contributed by atoms with van der Waals surface area (Å²) in [5, 5.41) is 0. The zero-order chi connectivity index (χ0) is 39.3. The van der Waals surface area contributed by atoms with Crippen LogP contribution in [0.25, 0.3) is 24.3 Å². The van der Waals surface area contributed by atoms with E-state index in [-0.39, 0.29) is 0 Å². The molecule has 0 radical (unpaired) electrons. The van der Waals surface area contributed by atoms with E-state index in [0.29, 0.717) is 0 Å². The molecule has 0 aliphatic heterocycles. The summed E-state index contributed by atoms with van der Waals surface area (Å²) >= 11 is 0. The Morgan fingerprint density at radius 1 is 0.304 bits per heavy atom. The summed E-state index contributed by atoms with van der Waals surface area (Å²) < 4.78 is 0. The van der Waals surface area contributed by atoms with E-state index in [1.165, 1.54) is 78.4 Å². The van der Waals surface area contributed by atoms with Crippen LogP contribution >= 0.6 is 0 Å². The lowest BCUT2D eigenvalue weighted by Crippen LogP contribution is -2.12. The molecule has 0 fully saturated rings. The van der Waals surface area contributed by atoms with Gasteiger partial charge in [-0.1, -0.05) is 144 Å². The van der Waals surface area contributed by atoms with Gasteiger partial charge in [-0.15, -0.1) is 0 Å². The second-order valence-corrected chi connectivity index (χ2v) is 15.3. The lowest BCUT2D eigenvalue weighted by molar-refractivity contribution is 1.21. The summed E-state index contributed by atoms with van der Waals surface area (Å²) in [7, 11) is 0. The normalized spacial score (nSPS) is 11.4. The van der Waals surface area contributed by atoms with Gasteiger partial charge < -0.3 is 9.80 Å². The van der Waals surface area contributed by atoms with E-state index in [1.54, 1.807) is 0 Å². The SMILES string of the molecule is Cc1ccc(N(c2ccc(C=Cc3ccccc3C=Cc3ccc(N(c4ccc(C)cc4C)c4ccc(C)cc4C)cc3)cc2)c2ccc(C)cc2C)c(C)c1. The van der Waals surface area contributed by atoms with Gasteiger partial charge in [0.05, 0.1) is 0 Å². The highest BCUT2D eigenvalue weighted by atomic mass is 15.2. The summed E-state index contributed by atoms with van der Waals surface area (Å²) in [6.45, 7) is 17.4. The molecule has 0 aliphatic rings. The van der Waals surface area contributed by atoms with Crippen LogP contribution in [0.1, 0.15) is 66.8 Å². The maximum absolute atomic E-state index is 2.38.